The highest BCUT2D eigenvalue weighted by Gasteiger charge is 2.16. The molecule has 2 aromatic rings. The molecule has 21 heavy (non-hydrogen) atoms. The lowest BCUT2D eigenvalue weighted by molar-refractivity contribution is 0.0696. The molecule has 0 radical (unpaired) electrons. The Balaban J connectivity index is 2.58. The molecule has 7 nitrogen and oxygen atoms in total. The van der Waals surface area contributed by atoms with Crippen molar-refractivity contribution in [2.24, 2.45) is 0 Å². The number of hydrogen-bond acceptors (Lipinski definition) is 6. The normalized spacial score (nSPS) is 10.0. The number of carboxylic acids is 1. The van der Waals surface area contributed by atoms with Gasteiger partial charge < -0.3 is 19.3 Å². The first kappa shape index (κ1) is 14.6. The molecule has 0 saturated heterocycles. The molecule has 0 aliphatic rings. The summed E-state index contributed by atoms with van der Waals surface area (Å²) in [5.41, 5.74) is 1.33. The standard InChI is InChI=1S/C14H14N2O5/c1-19-11-6-8(13(17)18)4-5-9(11)10-7-15-14(21-3)16-12(10)20-2/h4-7H,1-3H3,(H,17,18). The summed E-state index contributed by atoms with van der Waals surface area (Å²) in [6, 6.07) is 4.71. The van der Waals surface area contributed by atoms with E-state index in [0.717, 1.165) is 0 Å². The Morgan fingerprint density at radius 1 is 1.10 bits per heavy atom. The summed E-state index contributed by atoms with van der Waals surface area (Å²) in [6.45, 7) is 0. The number of benzene rings is 1. The van der Waals surface area contributed by atoms with Gasteiger partial charge >= 0.3 is 12.0 Å². The Kier molecular flexibility index (Phi) is 4.22. The third-order valence-corrected chi connectivity index (χ3v) is 2.85. The van der Waals surface area contributed by atoms with Crippen molar-refractivity contribution in [3.05, 3.63) is 30.0 Å². The second-order valence-electron chi connectivity index (χ2n) is 4.00. The highest BCUT2D eigenvalue weighted by atomic mass is 16.5. The maximum absolute atomic E-state index is 11.0. The van der Waals surface area contributed by atoms with Gasteiger partial charge in [0, 0.05) is 11.8 Å². The van der Waals surface area contributed by atoms with E-state index in [2.05, 4.69) is 9.97 Å². The van der Waals surface area contributed by atoms with Gasteiger partial charge in [0.05, 0.1) is 32.5 Å². The van der Waals surface area contributed by atoms with Crippen LogP contribution in [0.25, 0.3) is 11.1 Å². The molecular formula is C14H14N2O5. The summed E-state index contributed by atoms with van der Waals surface area (Å²) < 4.78 is 15.4. The summed E-state index contributed by atoms with van der Waals surface area (Å²) >= 11 is 0. The molecule has 0 bridgehead atoms. The lowest BCUT2D eigenvalue weighted by Crippen LogP contribution is -2.01. The summed E-state index contributed by atoms with van der Waals surface area (Å²) in [5, 5.41) is 9.01. The highest BCUT2D eigenvalue weighted by molar-refractivity contribution is 5.90. The molecule has 1 aromatic carbocycles. The number of nitrogens with zero attached hydrogens (tertiary/aromatic N) is 2. The number of rotatable bonds is 5. The molecule has 1 heterocycles. The molecule has 0 aliphatic carbocycles. The summed E-state index contributed by atoms with van der Waals surface area (Å²) in [7, 11) is 4.39. The smallest absolute Gasteiger partial charge is 0.335 e. The van der Waals surface area contributed by atoms with E-state index in [4.69, 9.17) is 19.3 Å². The van der Waals surface area contributed by atoms with Crippen LogP contribution in [0, 0.1) is 0 Å². The second kappa shape index (κ2) is 6.08. The molecule has 0 fully saturated rings. The lowest BCUT2D eigenvalue weighted by Gasteiger charge is -2.12. The fourth-order valence-electron chi connectivity index (χ4n) is 1.84. The first-order valence-electron chi connectivity index (χ1n) is 5.97. The first-order valence-corrected chi connectivity index (χ1v) is 5.97. The van der Waals surface area contributed by atoms with Crippen molar-refractivity contribution >= 4 is 5.97 Å². The van der Waals surface area contributed by atoms with Crippen molar-refractivity contribution in [2.45, 2.75) is 0 Å². The van der Waals surface area contributed by atoms with Crippen LogP contribution in [0.2, 0.25) is 0 Å². The van der Waals surface area contributed by atoms with Gasteiger partial charge in [0.25, 0.3) is 0 Å². The van der Waals surface area contributed by atoms with Crippen LogP contribution in [-0.2, 0) is 0 Å². The van der Waals surface area contributed by atoms with E-state index in [1.807, 2.05) is 0 Å². The van der Waals surface area contributed by atoms with Crippen LogP contribution in [0.15, 0.2) is 24.4 Å². The zero-order valence-corrected chi connectivity index (χ0v) is 11.8. The van der Waals surface area contributed by atoms with Crippen molar-refractivity contribution in [2.75, 3.05) is 21.3 Å². The number of ether oxygens (including phenoxy) is 3. The number of hydrogen-bond donors (Lipinski definition) is 1. The van der Waals surface area contributed by atoms with E-state index < -0.39 is 5.97 Å². The highest BCUT2D eigenvalue weighted by Crippen LogP contribution is 2.36. The number of methoxy groups -OCH3 is 3. The van der Waals surface area contributed by atoms with Gasteiger partial charge in [-0.05, 0) is 18.2 Å². The molecule has 0 saturated carbocycles. The first-order chi connectivity index (χ1) is 10.1. The van der Waals surface area contributed by atoms with E-state index in [9.17, 15) is 4.79 Å². The predicted octanol–water partition coefficient (Wildman–Crippen LogP) is 1.87. The van der Waals surface area contributed by atoms with Gasteiger partial charge in [-0.3, -0.25) is 0 Å². The van der Waals surface area contributed by atoms with Crippen LogP contribution in [0.3, 0.4) is 0 Å². The summed E-state index contributed by atoms with van der Waals surface area (Å²) in [6.07, 6.45) is 1.53. The van der Waals surface area contributed by atoms with E-state index in [1.165, 1.54) is 39.7 Å². The zero-order valence-electron chi connectivity index (χ0n) is 11.8. The van der Waals surface area contributed by atoms with Gasteiger partial charge in [0.1, 0.15) is 5.75 Å². The average Bonchev–Trinajstić information content (AvgIpc) is 2.53. The van der Waals surface area contributed by atoms with Crippen LogP contribution in [0.5, 0.6) is 17.6 Å². The molecule has 0 unspecified atom stereocenters. The molecule has 2 rings (SSSR count). The van der Waals surface area contributed by atoms with Crippen molar-refractivity contribution < 1.29 is 24.1 Å². The monoisotopic (exact) mass is 290 g/mol. The SMILES string of the molecule is COc1ncc(-c2ccc(C(=O)O)cc2OC)c(OC)n1. The topological polar surface area (TPSA) is 90.8 Å². The van der Waals surface area contributed by atoms with Crippen LogP contribution < -0.4 is 14.2 Å². The average molecular weight is 290 g/mol. The van der Waals surface area contributed by atoms with E-state index >= 15 is 0 Å². The molecule has 1 N–H and O–H groups in total. The molecule has 0 aliphatic heterocycles. The fraction of sp³-hybridized carbons (Fsp3) is 0.214. The largest absolute Gasteiger partial charge is 0.496 e. The molecular weight excluding hydrogens is 276 g/mol. The Morgan fingerprint density at radius 2 is 1.86 bits per heavy atom. The Morgan fingerprint density at radius 3 is 2.43 bits per heavy atom. The molecule has 110 valence electrons. The minimum atomic E-state index is -1.03. The third-order valence-electron chi connectivity index (χ3n) is 2.85. The molecule has 0 spiro atoms. The van der Waals surface area contributed by atoms with Crippen LogP contribution >= 0.6 is 0 Å². The summed E-state index contributed by atoms with van der Waals surface area (Å²) in [5.74, 6) is -0.331. The van der Waals surface area contributed by atoms with Gasteiger partial charge in [-0.15, -0.1) is 0 Å². The third kappa shape index (κ3) is 2.86. The van der Waals surface area contributed by atoms with Gasteiger partial charge in [0.15, 0.2) is 0 Å². The lowest BCUT2D eigenvalue weighted by atomic mass is 10.0. The van der Waals surface area contributed by atoms with Crippen LogP contribution in [0.4, 0.5) is 0 Å². The fourth-order valence-corrected chi connectivity index (χ4v) is 1.84. The van der Waals surface area contributed by atoms with Crippen molar-refractivity contribution in [3.63, 3.8) is 0 Å². The molecule has 7 heteroatoms. The Hall–Kier alpha value is -2.83. The maximum Gasteiger partial charge on any atom is 0.335 e. The van der Waals surface area contributed by atoms with Crippen molar-refractivity contribution in [1.82, 2.24) is 9.97 Å². The quantitative estimate of drug-likeness (QED) is 0.898. The Labute approximate surface area is 121 Å². The minimum Gasteiger partial charge on any atom is -0.496 e. The minimum absolute atomic E-state index is 0.129. The molecule has 0 amide bonds. The molecule has 1 aromatic heterocycles. The van der Waals surface area contributed by atoms with Crippen molar-refractivity contribution in [3.8, 4) is 28.8 Å². The van der Waals surface area contributed by atoms with Gasteiger partial charge in [0.2, 0.25) is 5.88 Å². The number of carbonyl (C=O) groups is 1. The predicted molar refractivity (Wildman–Crippen MR) is 74.1 cm³/mol. The maximum atomic E-state index is 11.0. The number of aromatic nitrogens is 2. The van der Waals surface area contributed by atoms with Crippen LogP contribution in [-0.4, -0.2) is 42.4 Å². The zero-order chi connectivity index (χ0) is 15.4. The second-order valence-corrected chi connectivity index (χ2v) is 4.00. The summed E-state index contributed by atoms with van der Waals surface area (Å²) in [4.78, 5) is 19.1. The number of aromatic carboxylic acids is 1. The van der Waals surface area contributed by atoms with Crippen molar-refractivity contribution in [1.29, 1.82) is 0 Å². The van der Waals surface area contributed by atoms with E-state index in [-0.39, 0.29) is 11.6 Å². The Bertz CT molecular complexity index is 672. The van der Waals surface area contributed by atoms with Gasteiger partial charge in [-0.2, -0.15) is 4.98 Å². The van der Waals surface area contributed by atoms with Gasteiger partial charge in [-0.1, -0.05) is 0 Å². The van der Waals surface area contributed by atoms with Gasteiger partial charge in [-0.25, -0.2) is 9.78 Å². The molecule has 0 atom stereocenters. The number of carboxylic acid groups (broad SMARTS) is 1. The van der Waals surface area contributed by atoms with E-state index in [0.29, 0.717) is 22.8 Å². The van der Waals surface area contributed by atoms with Crippen LogP contribution in [0.1, 0.15) is 10.4 Å². The van der Waals surface area contributed by atoms with E-state index in [1.54, 1.807) is 6.07 Å².